The first kappa shape index (κ1) is 26.9. The molecule has 36 heavy (non-hydrogen) atoms. The number of alkyl halides is 3. The molecule has 0 aromatic heterocycles. The summed E-state index contributed by atoms with van der Waals surface area (Å²) in [6, 6.07) is 15.2. The van der Waals surface area contributed by atoms with Crippen LogP contribution in [0.2, 0.25) is 0 Å². The molecule has 1 heterocycles. The summed E-state index contributed by atoms with van der Waals surface area (Å²) in [5.41, 5.74) is 2.80. The number of nitrogens with zero attached hydrogens (tertiary/aromatic N) is 1. The number of carboxylic acid groups (broad SMARTS) is 1. The van der Waals surface area contributed by atoms with E-state index in [2.05, 4.69) is 10.1 Å². The minimum absolute atomic E-state index is 0.129. The highest BCUT2D eigenvalue weighted by Crippen LogP contribution is 2.22. The number of nitrogens with one attached hydrogen (secondary N) is 1. The van der Waals surface area contributed by atoms with E-state index in [1.54, 1.807) is 0 Å². The highest BCUT2D eigenvalue weighted by molar-refractivity contribution is 5.91. The van der Waals surface area contributed by atoms with Crippen molar-refractivity contribution in [1.82, 2.24) is 10.2 Å². The lowest BCUT2D eigenvalue weighted by Gasteiger charge is -2.24. The Hall–Kier alpha value is -3.73. The van der Waals surface area contributed by atoms with Crippen molar-refractivity contribution in [2.24, 2.45) is 0 Å². The lowest BCUT2D eigenvalue weighted by atomic mass is 9.99. The van der Waals surface area contributed by atoms with Gasteiger partial charge in [-0.05, 0) is 42.5 Å². The molecule has 1 aliphatic rings. The first-order valence-corrected chi connectivity index (χ1v) is 11.3. The number of benzene rings is 2. The van der Waals surface area contributed by atoms with E-state index in [0.717, 1.165) is 16.7 Å². The van der Waals surface area contributed by atoms with Crippen LogP contribution in [0.15, 0.2) is 54.6 Å². The van der Waals surface area contributed by atoms with Gasteiger partial charge in [-0.2, -0.15) is 13.2 Å². The molecule has 0 unspecified atom stereocenters. The van der Waals surface area contributed by atoms with Gasteiger partial charge in [0.2, 0.25) is 5.91 Å². The lowest BCUT2D eigenvalue weighted by molar-refractivity contribution is -0.203. The molecule has 0 saturated carbocycles. The molecule has 11 heteroatoms. The van der Waals surface area contributed by atoms with Gasteiger partial charge in [0.15, 0.2) is 0 Å². The number of esters is 2. The summed E-state index contributed by atoms with van der Waals surface area (Å²) in [7, 11) is 0. The average molecular weight is 506 g/mol. The minimum Gasteiger partial charge on any atom is -0.481 e. The van der Waals surface area contributed by atoms with E-state index in [9.17, 15) is 37.5 Å². The molecule has 2 aromatic carbocycles. The SMILES string of the molecule is O=C(O)C[C@@H](Cc1ccc(-c2ccccc2)cc1)NC(=O)CN1CCC[C@H]1C(=O)OC(=O)C(F)(F)F. The molecule has 2 aromatic rings. The van der Waals surface area contributed by atoms with E-state index >= 15 is 0 Å². The number of likely N-dealkylation sites (tertiary alicyclic amines) is 1. The Morgan fingerprint density at radius 2 is 1.67 bits per heavy atom. The quantitative estimate of drug-likeness (QED) is 0.397. The largest absolute Gasteiger partial charge is 0.491 e. The van der Waals surface area contributed by atoms with Crippen molar-refractivity contribution in [3.63, 3.8) is 0 Å². The van der Waals surface area contributed by atoms with Gasteiger partial charge in [0.25, 0.3) is 0 Å². The van der Waals surface area contributed by atoms with E-state index in [1.165, 1.54) is 4.90 Å². The fraction of sp³-hybridized carbons (Fsp3) is 0.360. The predicted octanol–water partition coefficient (Wildman–Crippen LogP) is 2.95. The van der Waals surface area contributed by atoms with Gasteiger partial charge in [-0.25, -0.2) is 9.59 Å². The van der Waals surface area contributed by atoms with E-state index in [1.807, 2.05) is 54.6 Å². The Bertz CT molecular complexity index is 1090. The van der Waals surface area contributed by atoms with Crippen molar-refractivity contribution in [2.45, 2.75) is 43.9 Å². The third-order valence-corrected chi connectivity index (χ3v) is 5.74. The van der Waals surface area contributed by atoms with Crippen LogP contribution in [0.3, 0.4) is 0 Å². The molecule has 1 aliphatic heterocycles. The minimum atomic E-state index is -5.31. The number of carbonyl (C=O) groups is 4. The Balaban J connectivity index is 1.60. The molecule has 8 nitrogen and oxygen atoms in total. The zero-order valence-corrected chi connectivity index (χ0v) is 19.2. The van der Waals surface area contributed by atoms with Gasteiger partial charge in [0.1, 0.15) is 6.04 Å². The standard InChI is InChI=1S/C25H25F3N2O6/c26-25(27,28)24(35)36-23(34)20-7-4-12-30(20)15-21(31)29-19(14-22(32)33)13-16-8-10-18(11-9-16)17-5-2-1-3-6-17/h1-3,5-6,8-11,19-20H,4,7,12-15H2,(H,29,31)(H,32,33)/t19-,20+/m1/s1. The van der Waals surface area contributed by atoms with Crippen molar-refractivity contribution in [2.75, 3.05) is 13.1 Å². The van der Waals surface area contributed by atoms with Gasteiger partial charge < -0.3 is 15.2 Å². The fourth-order valence-electron chi connectivity index (χ4n) is 4.09. The van der Waals surface area contributed by atoms with Crippen molar-refractivity contribution in [3.8, 4) is 11.1 Å². The van der Waals surface area contributed by atoms with Gasteiger partial charge in [-0.15, -0.1) is 0 Å². The Morgan fingerprint density at radius 1 is 1.03 bits per heavy atom. The summed E-state index contributed by atoms with van der Waals surface area (Å²) in [5.74, 6) is -5.69. The second-order valence-electron chi connectivity index (χ2n) is 8.46. The Morgan fingerprint density at radius 3 is 2.28 bits per heavy atom. The fourth-order valence-corrected chi connectivity index (χ4v) is 4.09. The summed E-state index contributed by atoms with van der Waals surface area (Å²) in [4.78, 5) is 48.3. The normalized spacial score (nSPS) is 16.8. The summed E-state index contributed by atoms with van der Waals surface area (Å²) in [6.07, 6.45) is -4.88. The number of halogens is 3. The molecule has 0 aliphatic carbocycles. The third kappa shape index (κ3) is 7.64. The summed E-state index contributed by atoms with van der Waals surface area (Å²) < 4.78 is 41.1. The first-order valence-electron chi connectivity index (χ1n) is 11.3. The smallest absolute Gasteiger partial charge is 0.481 e. The molecule has 1 amide bonds. The molecule has 1 fully saturated rings. The van der Waals surface area contributed by atoms with E-state index in [0.29, 0.717) is 6.42 Å². The molecule has 0 bridgehead atoms. The molecule has 0 radical (unpaired) electrons. The molecule has 3 rings (SSSR count). The number of aliphatic carboxylic acids is 1. The zero-order chi connectivity index (χ0) is 26.3. The number of hydrogen-bond acceptors (Lipinski definition) is 6. The second kappa shape index (κ2) is 11.8. The number of carbonyl (C=O) groups excluding carboxylic acids is 3. The van der Waals surface area contributed by atoms with Crippen LogP contribution < -0.4 is 5.32 Å². The topological polar surface area (TPSA) is 113 Å². The van der Waals surface area contributed by atoms with Crippen LogP contribution in [0.4, 0.5) is 13.2 Å². The lowest BCUT2D eigenvalue weighted by Crippen LogP contribution is -2.47. The molecule has 1 saturated heterocycles. The van der Waals surface area contributed by atoms with Crippen molar-refractivity contribution < 1.29 is 42.2 Å². The molecule has 192 valence electrons. The zero-order valence-electron chi connectivity index (χ0n) is 19.2. The van der Waals surface area contributed by atoms with Crippen LogP contribution in [-0.2, 0) is 30.3 Å². The van der Waals surface area contributed by atoms with E-state index in [-0.39, 0.29) is 32.4 Å². The van der Waals surface area contributed by atoms with Crippen LogP contribution in [0.5, 0.6) is 0 Å². The number of ether oxygens (including phenoxy) is 1. The number of carboxylic acids is 1. The van der Waals surface area contributed by atoms with Gasteiger partial charge in [0, 0.05) is 6.04 Å². The maximum atomic E-state index is 12.6. The van der Waals surface area contributed by atoms with Crippen molar-refractivity contribution in [3.05, 3.63) is 60.2 Å². The van der Waals surface area contributed by atoms with Crippen molar-refractivity contribution >= 4 is 23.8 Å². The first-order chi connectivity index (χ1) is 17.0. The molecule has 0 spiro atoms. The maximum Gasteiger partial charge on any atom is 0.491 e. The summed E-state index contributed by atoms with van der Waals surface area (Å²) in [5, 5.41) is 11.9. The van der Waals surface area contributed by atoms with Crippen molar-refractivity contribution in [1.29, 1.82) is 0 Å². The van der Waals surface area contributed by atoms with Gasteiger partial charge in [-0.3, -0.25) is 14.5 Å². The molecule has 2 N–H and O–H groups in total. The van der Waals surface area contributed by atoms with Crippen LogP contribution in [0, 0.1) is 0 Å². The highest BCUT2D eigenvalue weighted by atomic mass is 19.4. The van der Waals surface area contributed by atoms with E-state index < -0.39 is 42.1 Å². The Labute approximate surface area is 205 Å². The van der Waals surface area contributed by atoms with Crippen LogP contribution in [0.1, 0.15) is 24.8 Å². The van der Waals surface area contributed by atoms with Gasteiger partial charge in [0.05, 0.1) is 13.0 Å². The number of amides is 1. The van der Waals surface area contributed by atoms with E-state index in [4.69, 9.17) is 0 Å². The predicted molar refractivity (Wildman–Crippen MR) is 122 cm³/mol. The van der Waals surface area contributed by atoms with Gasteiger partial charge >= 0.3 is 24.1 Å². The van der Waals surface area contributed by atoms with Crippen LogP contribution >= 0.6 is 0 Å². The van der Waals surface area contributed by atoms with Crippen LogP contribution in [-0.4, -0.2) is 65.2 Å². The molecular weight excluding hydrogens is 481 g/mol. The molecular formula is C25H25F3N2O6. The Kier molecular flexibility index (Phi) is 8.81. The molecule has 2 atom stereocenters. The third-order valence-electron chi connectivity index (χ3n) is 5.74. The second-order valence-corrected chi connectivity index (χ2v) is 8.46. The average Bonchev–Trinajstić information content (AvgIpc) is 3.27. The highest BCUT2D eigenvalue weighted by Gasteiger charge is 2.44. The van der Waals surface area contributed by atoms with Gasteiger partial charge in [-0.1, -0.05) is 54.6 Å². The monoisotopic (exact) mass is 506 g/mol. The summed E-state index contributed by atoms with van der Waals surface area (Å²) in [6.45, 7) is -0.124. The number of rotatable bonds is 9. The number of hydrogen-bond donors (Lipinski definition) is 2. The maximum absolute atomic E-state index is 12.6. The van der Waals surface area contributed by atoms with Crippen LogP contribution in [0.25, 0.3) is 11.1 Å². The summed E-state index contributed by atoms with van der Waals surface area (Å²) >= 11 is 0.